The number of pyridine rings is 1. The van der Waals surface area contributed by atoms with Crippen molar-refractivity contribution in [3.05, 3.63) is 64.8 Å². The van der Waals surface area contributed by atoms with Gasteiger partial charge >= 0.3 is 6.18 Å². The Labute approximate surface area is 118 Å². The van der Waals surface area contributed by atoms with Crippen molar-refractivity contribution < 1.29 is 18.0 Å². The summed E-state index contributed by atoms with van der Waals surface area (Å²) in [5, 5.41) is 7.83. The Kier molecular flexibility index (Phi) is 3.84. The monoisotopic (exact) mass is 295 g/mol. The smallest absolute Gasteiger partial charge is 0.365 e. The zero-order valence-electron chi connectivity index (χ0n) is 10.8. The van der Waals surface area contributed by atoms with Gasteiger partial charge in [0.1, 0.15) is 5.49 Å². The number of nitrogens with one attached hydrogen (secondary N) is 1. The number of alkyl halides is 3. The second-order valence-electron chi connectivity index (χ2n) is 4.42. The van der Waals surface area contributed by atoms with Gasteiger partial charge in [0.05, 0.1) is 11.1 Å². The molecule has 2 rings (SSSR count). The minimum Gasteiger partial charge on any atom is -0.365 e. The van der Waals surface area contributed by atoms with E-state index in [0.717, 1.165) is 6.07 Å². The number of primary amides is 1. The maximum atomic E-state index is 12.9. The van der Waals surface area contributed by atoms with Crippen molar-refractivity contribution in [2.24, 2.45) is 5.73 Å². The molecular formula is C14H12F3N3O. The van der Waals surface area contributed by atoms with E-state index in [1.165, 1.54) is 41.1 Å². The molecule has 0 aliphatic heterocycles. The average Bonchev–Trinajstić information content (AvgIpc) is 2.40. The molecular weight excluding hydrogens is 283 g/mol. The summed E-state index contributed by atoms with van der Waals surface area (Å²) in [4.78, 5) is 11.2. The Morgan fingerprint density at radius 2 is 1.86 bits per heavy atom. The second-order valence-corrected chi connectivity index (χ2v) is 4.42. The number of nitrogens with zero attached hydrogens (tertiary/aromatic N) is 1. The molecule has 0 aliphatic carbocycles. The molecule has 0 aliphatic rings. The fourth-order valence-electron chi connectivity index (χ4n) is 2.00. The van der Waals surface area contributed by atoms with Crippen LogP contribution in [0.15, 0.2) is 42.6 Å². The Hall–Kier alpha value is -2.57. The molecule has 0 fully saturated rings. The minimum atomic E-state index is -4.47. The summed E-state index contributed by atoms with van der Waals surface area (Å²) in [5.74, 6) is -0.793. The molecule has 0 radical (unpaired) electrons. The molecule has 3 N–H and O–H groups in total. The molecule has 4 nitrogen and oxygen atoms in total. The first-order chi connectivity index (χ1) is 9.80. The highest BCUT2D eigenvalue weighted by Gasteiger charge is 2.32. The van der Waals surface area contributed by atoms with Crippen LogP contribution in [0.5, 0.6) is 0 Å². The predicted molar refractivity (Wildman–Crippen MR) is 69.4 cm³/mol. The normalized spacial score (nSPS) is 11.4. The maximum Gasteiger partial charge on any atom is 0.416 e. The van der Waals surface area contributed by atoms with E-state index >= 15 is 0 Å². The number of benzene rings is 1. The van der Waals surface area contributed by atoms with Gasteiger partial charge in [-0.25, -0.2) is 0 Å². The van der Waals surface area contributed by atoms with E-state index in [2.05, 4.69) is 0 Å². The van der Waals surface area contributed by atoms with Crippen molar-refractivity contribution in [2.75, 3.05) is 0 Å². The number of carbonyl (C=O) groups is 1. The molecule has 0 unspecified atom stereocenters. The SMILES string of the molecule is N=c1c(C(N)=O)cccn1Cc1ccccc1C(F)(F)F. The van der Waals surface area contributed by atoms with Gasteiger partial charge in [-0.2, -0.15) is 13.2 Å². The zero-order chi connectivity index (χ0) is 15.6. The highest BCUT2D eigenvalue weighted by Crippen LogP contribution is 2.31. The van der Waals surface area contributed by atoms with Crippen LogP contribution in [0.4, 0.5) is 13.2 Å². The molecule has 0 bridgehead atoms. The van der Waals surface area contributed by atoms with E-state index in [4.69, 9.17) is 11.1 Å². The lowest BCUT2D eigenvalue weighted by atomic mass is 10.1. The van der Waals surface area contributed by atoms with Gasteiger partial charge in [0, 0.05) is 12.7 Å². The highest BCUT2D eigenvalue weighted by atomic mass is 19.4. The van der Waals surface area contributed by atoms with E-state index in [0.29, 0.717) is 0 Å². The van der Waals surface area contributed by atoms with E-state index in [1.54, 1.807) is 0 Å². The minimum absolute atomic E-state index is 0.0186. The van der Waals surface area contributed by atoms with Crippen LogP contribution in [0.3, 0.4) is 0 Å². The lowest BCUT2D eigenvalue weighted by Crippen LogP contribution is -2.30. The first-order valence-electron chi connectivity index (χ1n) is 5.99. The molecule has 110 valence electrons. The molecule has 1 aromatic heterocycles. The lowest BCUT2D eigenvalue weighted by Gasteiger charge is -2.14. The molecule has 21 heavy (non-hydrogen) atoms. The number of rotatable bonds is 3. The van der Waals surface area contributed by atoms with Crippen LogP contribution >= 0.6 is 0 Å². The van der Waals surface area contributed by atoms with Crippen molar-refractivity contribution in [2.45, 2.75) is 12.7 Å². The molecule has 0 atom stereocenters. The van der Waals surface area contributed by atoms with Crippen LogP contribution < -0.4 is 11.2 Å². The molecule has 0 saturated heterocycles. The fourth-order valence-corrected chi connectivity index (χ4v) is 2.00. The summed E-state index contributed by atoms with van der Waals surface area (Å²) in [7, 11) is 0. The Morgan fingerprint density at radius 3 is 2.48 bits per heavy atom. The van der Waals surface area contributed by atoms with E-state index in [9.17, 15) is 18.0 Å². The van der Waals surface area contributed by atoms with Gasteiger partial charge in [0.2, 0.25) is 0 Å². The van der Waals surface area contributed by atoms with E-state index in [1.807, 2.05) is 0 Å². The Balaban J connectivity index is 2.47. The quantitative estimate of drug-likeness (QED) is 0.894. The van der Waals surface area contributed by atoms with Crippen molar-refractivity contribution in [1.29, 1.82) is 5.41 Å². The van der Waals surface area contributed by atoms with Crippen LogP contribution in [0, 0.1) is 5.41 Å². The Bertz CT molecular complexity index is 735. The Morgan fingerprint density at radius 1 is 1.19 bits per heavy atom. The highest BCUT2D eigenvalue weighted by molar-refractivity contribution is 5.92. The third kappa shape index (κ3) is 3.13. The molecule has 1 heterocycles. The maximum absolute atomic E-state index is 12.9. The van der Waals surface area contributed by atoms with Gasteiger partial charge < -0.3 is 10.3 Å². The number of hydrogen-bond donors (Lipinski definition) is 2. The van der Waals surface area contributed by atoms with E-state index in [-0.39, 0.29) is 23.2 Å². The third-order valence-electron chi connectivity index (χ3n) is 3.00. The van der Waals surface area contributed by atoms with Crippen molar-refractivity contribution >= 4 is 5.91 Å². The van der Waals surface area contributed by atoms with Crippen LogP contribution in [0.2, 0.25) is 0 Å². The largest absolute Gasteiger partial charge is 0.416 e. The number of nitrogens with two attached hydrogens (primary N) is 1. The first-order valence-corrected chi connectivity index (χ1v) is 5.99. The topological polar surface area (TPSA) is 71.9 Å². The van der Waals surface area contributed by atoms with Gasteiger partial charge in [-0.05, 0) is 23.8 Å². The number of amides is 1. The molecule has 1 amide bonds. The van der Waals surface area contributed by atoms with Crippen LogP contribution in [-0.4, -0.2) is 10.5 Å². The van der Waals surface area contributed by atoms with Crippen LogP contribution in [-0.2, 0) is 12.7 Å². The zero-order valence-corrected chi connectivity index (χ0v) is 10.8. The summed E-state index contributed by atoms with van der Waals surface area (Å²) in [5.41, 5.74) is 4.12. The molecule has 2 aromatic rings. The van der Waals surface area contributed by atoms with Crippen LogP contribution in [0.25, 0.3) is 0 Å². The molecule has 0 spiro atoms. The van der Waals surface area contributed by atoms with Gasteiger partial charge in [-0.1, -0.05) is 18.2 Å². The van der Waals surface area contributed by atoms with Gasteiger partial charge in [-0.15, -0.1) is 0 Å². The summed E-state index contributed by atoms with van der Waals surface area (Å²) in [6, 6.07) is 7.94. The lowest BCUT2D eigenvalue weighted by molar-refractivity contribution is -0.138. The number of aromatic nitrogens is 1. The van der Waals surface area contributed by atoms with E-state index < -0.39 is 17.6 Å². The summed E-state index contributed by atoms with van der Waals surface area (Å²) >= 11 is 0. The van der Waals surface area contributed by atoms with Gasteiger partial charge in [0.25, 0.3) is 5.91 Å². The summed E-state index contributed by atoms with van der Waals surface area (Å²) < 4.78 is 40.0. The summed E-state index contributed by atoms with van der Waals surface area (Å²) in [6.07, 6.45) is -3.04. The molecule has 1 aromatic carbocycles. The number of carbonyl (C=O) groups excluding carboxylic acids is 1. The third-order valence-corrected chi connectivity index (χ3v) is 3.00. The molecule has 7 heteroatoms. The predicted octanol–water partition coefficient (Wildman–Crippen LogP) is 2.13. The van der Waals surface area contributed by atoms with Crippen molar-refractivity contribution in [1.82, 2.24) is 4.57 Å². The van der Waals surface area contributed by atoms with Gasteiger partial charge in [-0.3, -0.25) is 10.2 Å². The standard InChI is InChI=1S/C14H12F3N3O/c15-14(16,17)11-6-2-1-4-9(11)8-20-7-3-5-10(12(20)18)13(19)21/h1-7,18H,8H2,(H2,19,21). The summed E-state index contributed by atoms with van der Waals surface area (Å²) in [6.45, 7) is -0.171. The van der Waals surface area contributed by atoms with Crippen LogP contribution in [0.1, 0.15) is 21.5 Å². The first kappa shape index (κ1) is 14.8. The van der Waals surface area contributed by atoms with Crippen molar-refractivity contribution in [3.8, 4) is 0 Å². The second kappa shape index (κ2) is 5.43. The number of halogens is 3. The number of hydrogen-bond acceptors (Lipinski definition) is 2. The van der Waals surface area contributed by atoms with Gasteiger partial charge in [0.15, 0.2) is 0 Å². The fraction of sp³-hybridized carbons (Fsp3) is 0.143. The van der Waals surface area contributed by atoms with Crippen molar-refractivity contribution in [3.63, 3.8) is 0 Å². The molecule has 0 saturated carbocycles. The average molecular weight is 295 g/mol.